The zero-order valence-electron chi connectivity index (χ0n) is 15.4. The van der Waals surface area contributed by atoms with Gasteiger partial charge in [0, 0.05) is 23.1 Å². The first-order valence-corrected chi connectivity index (χ1v) is 11.1. The molecule has 1 aliphatic carbocycles. The number of nitrogens with one attached hydrogen (secondary N) is 1. The normalized spacial score (nSPS) is 17.2. The predicted molar refractivity (Wildman–Crippen MR) is 106 cm³/mol. The van der Waals surface area contributed by atoms with Crippen molar-refractivity contribution in [2.75, 3.05) is 17.7 Å². The molecule has 0 fully saturated rings. The summed E-state index contributed by atoms with van der Waals surface area (Å²) in [6.45, 7) is 2.07. The van der Waals surface area contributed by atoms with Crippen molar-refractivity contribution in [2.24, 2.45) is 0 Å². The van der Waals surface area contributed by atoms with Crippen molar-refractivity contribution < 1.29 is 14.3 Å². The maximum absolute atomic E-state index is 12.8. The minimum absolute atomic E-state index is 0.00581. The van der Waals surface area contributed by atoms with Crippen LogP contribution in [0.1, 0.15) is 42.8 Å². The lowest BCUT2D eigenvalue weighted by Crippen LogP contribution is -2.30. The average molecular weight is 421 g/mol. The molecule has 1 aliphatic heterocycles. The zero-order valence-corrected chi connectivity index (χ0v) is 17.0. The smallest absolute Gasteiger partial charge is 0.311 e. The molecule has 3 heterocycles. The van der Waals surface area contributed by atoms with Gasteiger partial charge in [0.05, 0.1) is 30.5 Å². The summed E-state index contributed by atoms with van der Waals surface area (Å²) in [5, 5.41) is 5.65. The van der Waals surface area contributed by atoms with Crippen molar-refractivity contribution in [3.63, 3.8) is 0 Å². The molecule has 1 N–H and O–H groups in total. The Morgan fingerprint density at radius 1 is 1.36 bits per heavy atom. The Balaban J connectivity index is 1.41. The number of fused-ring (bicyclic) bond motifs is 2. The van der Waals surface area contributed by atoms with Crippen molar-refractivity contribution in [3.05, 3.63) is 32.7 Å². The fourth-order valence-corrected chi connectivity index (χ4v) is 5.37. The Morgan fingerprint density at radius 2 is 2.21 bits per heavy atom. The molecule has 0 bridgehead atoms. The maximum Gasteiger partial charge on any atom is 0.311 e. The van der Waals surface area contributed by atoms with E-state index in [0.717, 1.165) is 35.7 Å². The number of carbonyl (C=O) groups excluding carboxylic acids is 2. The van der Waals surface area contributed by atoms with Crippen LogP contribution in [0.4, 0.5) is 5.13 Å². The molecule has 0 spiro atoms. The highest BCUT2D eigenvalue weighted by Crippen LogP contribution is 2.34. The van der Waals surface area contributed by atoms with Gasteiger partial charge in [-0.2, -0.15) is 0 Å². The largest absolute Gasteiger partial charge is 0.466 e. The topological polar surface area (TPSA) is 103 Å². The van der Waals surface area contributed by atoms with Gasteiger partial charge in [0.25, 0.3) is 5.56 Å². The molecule has 1 atom stereocenters. The van der Waals surface area contributed by atoms with Gasteiger partial charge in [-0.1, -0.05) is 11.8 Å². The molecule has 10 heteroatoms. The number of ether oxygens (including phenoxy) is 1. The highest BCUT2D eigenvalue weighted by Gasteiger charge is 2.31. The van der Waals surface area contributed by atoms with Crippen molar-refractivity contribution >= 4 is 40.1 Å². The van der Waals surface area contributed by atoms with E-state index in [0.29, 0.717) is 23.2 Å². The summed E-state index contributed by atoms with van der Waals surface area (Å²) < 4.78 is 6.58. The molecule has 28 heavy (non-hydrogen) atoms. The minimum atomic E-state index is -0.343. The molecule has 2 aliphatic rings. The molecule has 0 saturated carbocycles. The van der Waals surface area contributed by atoms with Gasteiger partial charge in [-0.25, -0.2) is 9.97 Å². The van der Waals surface area contributed by atoms with E-state index < -0.39 is 0 Å². The minimum Gasteiger partial charge on any atom is -0.466 e. The monoisotopic (exact) mass is 420 g/mol. The van der Waals surface area contributed by atoms with Crippen molar-refractivity contribution in [3.8, 4) is 0 Å². The number of thioether (sulfide) groups is 1. The molecule has 0 unspecified atom stereocenters. The van der Waals surface area contributed by atoms with Crippen LogP contribution in [0.25, 0.3) is 0 Å². The van der Waals surface area contributed by atoms with E-state index in [2.05, 4.69) is 15.3 Å². The zero-order chi connectivity index (χ0) is 19.7. The first kappa shape index (κ1) is 19.1. The Labute approximate surface area is 169 Å². The molecule has 1 amide bonds. The number of aromatic nitrogens is 3. The van der Waals surface area contributed by atoms with E-state index >= 15 is 0 Å². The first-order chi connectivity index (χ1) is 13.5. The summed E-state index contributed by atoms with van der Waals surface area (Å²) in [6.07, 6.45) is 2.87. The number of hydrogen-bond donors (Lipinski definition) is 1. The summed E-state index contributed by atoms with van der Waals surface area (Å²) in [4.78, 5) is 45.7. The number of hydrogen-bond acceptors (Lipinski definition) is 8. The first-order valence-electron chi connectivity index (χ1n) is 9.22. The second-order valence-electron chi connectivity index (χ2n) is 6.69. The fourth-order valence-electron chi connectivity index (χ4n) is 3.49. The van der Waals surface area contributed by atoms with Gasteiger partial charge in [-0.15, -0.1) is 11.3 Å². The number of nitrogens with zero attached hydrogens (tertiary/aromatic N) is 3. The quantitative estimate of drug-likeness (QED) is 0.563. The van der Waals surface area contributed by atoms with Crippen LogP contribution in [0, 0.1) is 0 Å². The number of esters is 1. The molecule has 4 rings (SSSR count). The lowest BCUT2D eigenvalue weighted by Gasteiger charge is -2.13. The van der Waals surface area contributed by atoms with Gasteiger partial charge in [0.15, 0.2) is 10.3 Å². The van der Waals surface area contributed by atoms with Crippen LogP contribution in [0.5, 0.6) is 0 Å². The van der Waals surface area contributed by atoms with E-state index in [1.54, 1.807) is 16.9 Å². The standard InChI is InChI=1S/C18H20N4O4S2/c1-2-26-15(24)6-10-8-27-17(19-10)21-14(23)7-11-9-28-18-20-13-5-3-4-12(13)16(25)22(11)18/h8,11H,2-7,9H2,1H3,(H,19,21,23)/t11-/m0/s1. The third-order valence-electron chi connectivity index (χ3n) is 4.72. The van der Waals surface area contributed by atoms with Crippen LogP contribution < -0.4 is 10.9 Å². The molecule has 0 aromatic carbocycles. The van der Waals surface area contributed by atoms with E-state index in [9.17, 15) is 14.4 Å². The second kappa shape index (κ2) is 8.04. The number of anilines is 1. The number of thiazole rings is 1. The van der Waals surface area contributed by atoms with Gasteiger partial charge in [-0.3, -0.25) is 19.0 Å². The molecule has 8 nitrogen and oxygen atoms in total. The van der Waals surface area contributed by atoms with E-state index in [-0.39, 0.29) is 36.3 Å². The lowest BCUT2D eigenvalue weighted by atomic mass is 10.2. The Hall–Kier alpha value is -2.20. The molecule has 0 radical (unpaired) electrons. The Morgan fingerprint density at radius 3 is 3.04 bits per heavy atom. The van der Waals surface area contributed by atoms with Gasteiger partial charge in [-0.05, 0) is 26.2 Å². The van der Waals surface area contributed by atoms with Gasteiger partial charge >= 0.3 is 5.97 Å². The highest BCUT2D eigenvalue weighted by molar-refractivity contribution is 7.99. The van der Waals surface area contributed by atoms with Crippen LogP contribution in [-0.4, -0.2) is 38.8 Å². The summed E-state index contributed by atoms with van der Waals surface area (Å²) in [6, 6.07) is -0.204. The summed E-state index contributed by atoms with van der Waals surface area (Å²) in [5.74, 6) is 0.109. The van der Waals surface area contributed by atoms with Crippen molar-refractivity contribution in [1.29, 1.82) is 0 Å². The summed E-state index contributed by atoms with van der Waals surface area (Å²) in [5.41, 5.74) is 2.30. The molecule has 2 aromatic heterocycles. The molecule has 0 saturated heterocycles. The Kier molecular flexibility index (Phi) is 5.49. The predicted octanol–water partition coefficient (Wildman–Crippen LogP) is 1.97. The molecular weight excluding hydrogens is 400 g/mol. The molecule has 148 valence electrons. The number of aryl methyl sites for hydroxylation is 1. The SMILES string of the molecule is CCOC(=O)Cc1csc(NC(=O)C[C@H]2CSc3nc4c(c(=O)n32)CCC4)n1. The van der Waals surface area contributed by atoms with E-state index in [1.807, 2.05) is 0 Å². The van der Waals surface area contributed by atoms with Gasteiger partial charge in [0.1, 0.15) is 0 Å². The van der Waals surface area contributed by atoms with Crippen LogP contribution in [0.15, 0.2) is 15.3 Å². The third kappa shape index (κ3) is 3.83. The van der Waals surface area contributed by atoms with Crippen LogP contribution in [0.2, 0.25) is 0 Å². The van der Waals surface area contributed by atoms with E-state index in [1.165, 1.54) is 23.1 Å². The maximum atomic E-state index is 12.8. The van der Waals surface area contributed by atoms with Crippen molar-refractivity contribution in [1.82, 2.24) is 14.5 Å². The van der Waals surface area contributed by atoms with Crippen LogP contribution in [-0.2, 0) is 33.6 Å². The van der Waals surface area contributed by atoms with Gasteiger partial charge < -0.3 is 10.1 Å². The summed E-state index contributed by atoms with van der Waals surface area (Å²) in [7, 11) is 0. The highest BCUT2D eigenvalue weighted by atomic mass is 32.2. The van der Waals surface area contributed by atoms with Crippen LogP contribution >= 0.6 is 23.1 Å². The summed E-state index contributed by atoms with van der Waals surface area (Å²) >= 11 is 2.79. The van der Waals surface area contributed by atoms with E-state index in [4.69, 9.17) is 4.74 Å². The number of rotatable bonds is 6. The lowest BCUT2D eigenvalue weighted by molar-refractivity contribution is -0.142. The van der Waals surface area contributed by atoms with Crippen molar-refractivity contribution in [2.45, 2.75) is 50.2 Å². The van der Waals surface area contributed by atoms with Gasteiger partial charge in [0.2, 0.25) is 5.91 Å². The fraction of sp³-hybridized carbons (Fsp3) is 0.500. The molecule has 2 aromatic rings. The number of carbonyl (C=O) groups is 2. The third-order valence-corrected chi connectivity index (χ3v) is 6.63. The molecular formula is C18H20N4O4S2. The second-order valence-corrected chi connectivity index (χ2v) is 8.54. The average Bonchev–Trinajstić information content (AvgIpc) is 3.36. The Bertz CT molecular complexity index is 984. The van der Waals surface area contributed by atoms with Crippen LogP contribution in [0.3, 0.4) is 0 Å². The number of amides is 1.